The van der Waals surface area contributed by atoms with Crippen LogP contribution in [0, 0.1) is 128 Å². The SMILES string of the molecule is Fc1c(F)c(F)c([B-](c2c(F)c(F)c(F)c(F)c2F)(c2c(F)c(F)c(F)c(F)c2F)c2c(F)c(F)c(F)c(F)c2F)c(F)c1F.O=C(c1ccccc1)c1ccc(Sc2ccc([S+](c3ccc(F)cc3)c3ccc(F)cc3)cc2)c(Cl)c1. The lowest BCUT2D eigenvalue weighted by Gasteiger charge is -2.44. The summed E-state index contributed by atoms with van der Waals surface area (Å²) < 4.78 is 321. The third-order valence-corrected chi connectivity index (χ3v) is 16.1. The van der Waals surface area contributed by atoms with E-state index in [0.29, 0.717) is 16.1 Å². The van der Waals surface area contributed by atoms with E-state index in [1.54, 1.807) is 48.5 Å². The van der Waals surface area contributed by atoms with Crippen molar-refractivity contribution in [2.75, 3.05) is 0 Å². The second-order valence-corrected chi connectivity index (χ2v) is 20.5. The smallest absolute Gasteiger partial charge is 0.200 e. The molecule has 0 saturated heterocycles. The Bertz CT molecular complexity index is 3580. The van der Waals surface area contributed by atoms with E-state index in [-0.39, 0.29) is 17.4 Å². The van der Waals surface area contributed by atoms with Crippen LogP contribution >= 0.6 is 23.4 Å². The minimum atomic E-state index is -7.22. The maximum Gasteiger partial charge on any atom is 0.200 e. The number of ketones is 1. The van der Waals surface area contributed by atoms with E-state index in [2.05, 4.69) is 0 Å². The average Bonchev–Trinajstić information content (AvgIpc) is 1.32. The van der Waals surface area contributed by atoms with E-state index >= 15 is 35.1 Å². The van der Waals surface area contributed by atoms with Gasteiger partial charge in [0.05, 0.1) is 15.9 Å². The Morgan fingerprint density at radius 2 is 0.610 bits per heavy atom. The van der Waals surface area contributed by atoms with Crippen molar-refractivity contribution in [3.63, 3.8) is 0 Å². The van der Waals surface area contributed by atoms with Gasteiger partial charge in [0, 0.05) is 20.9 Å². The molecule has 0 radical (unpaired) electrons. The van der Waals surface area contributed by atoms with Gasteiger partial charge in [-0.05, 0) is 91.0 Å². The molecule has 0 unspecified atom stereocenters. The van der Waals surface area contributed by atoms with Gasteiger partial charge >= 0.3 is 0 Å². The van der Waals surface area contributed by atoms with Gasteiger partial charge < -0.3 is 0 Å². The summed E-state index contributed by atoms with van der Waals surface area (Å²) >= 11 is 8.05. The third-order valence-electron chi connectivity index (χ3n) is 12.3. The first-order chi connectivity index (χ1) is 38.7. The lowest BCUT2D eigenvalue weighted by molar-refractivity contribution is 0.103. The van der Waals surface area contributed by atoms with Gasteiger partial charge in [0.1, 0.15) is 64.3 Å². The van der Waals surface area contributed by atoms with Crippen LogP contribution in [0.1, 0.15) is 15.9 Å². The monoisotopic (exact) mass is 1220 g/mol. The zero-order valence-electron chi connectivity index (χ0n) is 39.5. The fraction of sp³-hybridized carbons (Fsp3) is 0. The van der Waals surface area contributed by atoms with Crippen LogP contribution in [-0.4, -0.2) is 11.9 Å². The zero-order chi connectivity index (χ0) is 60.1. The molecule has 0 amide bonds. The normalized spacial score (nSPS) is 11.6. The summed E-state index contributed by atoms with van der Waals surface area (Å²) in [5.41, 5.74) is -13.2. The number of carbonyl (C=O) groups excluding carboxylic acids is 1. The molecule has 0 aliphatic heterocycles. The Labute approximate surface area is 457 Å². The van der Waals surface area contributed by atoms with Crippen LogP contribution in [0.4, 0.5) is 96.6 Å². The third kappa shape index (κ3) is 10.4. The molecule has 1 nitrogen and oxygen atoms in total. The molecule has 27 heteroatoms. The molecule has 0 N–H and O–H groups in total. The number of hydrogen-bond acceptors (Lipinski definition) is 2. The van der Waals surface area contributed by atoms with Gasteiger partial charge in [-0.1, -0.05) is 53.7 Å². The van der Waals surface area contributed by atoms with E-state index in [4.69, 9.17) is 11.6 Å². The lowest BCUT2D eigenvalue weighted by atomic mass is 9.12. The first kappa shape index (κ1) is 60.3. The maximum atomic E-state index is 15.4. The molecule has 0 atom stereocenters. The highest BCUT2D eigenvalue weighted by molar-refractivity contribution is 7.99. The summed E-state index contributed by atoms with van der Waals surface area (Å²) in [6, 6.07) is 35.4. The van der Waals surface area contributed by atoms with Gasteiger partial charge in [-0.2, -0.15) is 0 Å². The zero-order valence-corrected chi connectivity index (χ0v) is 41.9. The molecule has 0 fully saturated rings. The molecule has 0 saturated carbocycles. The number of rotatable bonds is 11. The summed E-state index contributed by atoms with van der Waals surface area (Å²) in [4.78, 5) is 17.5. The van der Waals surface area contributed by atoms with Gasteiger partial charge in [-0.15, -0.1) is 21.9 Å². The van der Waals surface area contributed by atoms with Gasteiger partial charge in [0.15, 0.2) is 90.3 Å². The van der Waals surface area contributed by atoms with Crippen molar-refractivity contribution in [1.82, 2.24) is 0 Å². The predicted octanol–water partition coefficient (Wildman–Crippen LogP) is 14.9. The predicted molar refractivity (Wildman–Crippen MR) is 256 cm³/mol. The van der Waals surface area contributed by atoms with Crippen molar-refractivity contribution < 1.29 is 101 Å². The molecule has 9 rings (SSSR count). The van der Waals surface area contributed by atoms with Crippen molar-refractivity contribution in [3.8, 4) is 0 Å². The Kier molecular flexibility index (Phi) is 17.3. The molecule has 82 heavy (non-hydrogen) atoms. The summed E-state index contributed by atoms with van der Waals surface area (Å²) in [5, 5.41) is 0.508. The minimum Gasteiger partial charge on any atom is -0.289 e. The summed E-state index contributed by atoms with van der Waals surface area (Å²) in [6.45, 7) is 0. The molecule has 0 spiro atoms. The largest absolute Gasteiger partial charge is 0.289 e. The van der Waals surface area contributed by atoms with Crippen LogP contribution in [0.2, 0.25) is 5.02 Å². The Balaban J connectivity index is 0.000000218. The van der Waals surface area contributed by atoms with Gasteiger partial charge in [-0.3, -0.25) is 4.79 Å². The van der Waals surface area contributed by atoms with Crippen molar-refractivity contribution in [2.24, 2.45) is 0 Å². The summed E-state index contributed by atoms with van der Waals surface area (Å²) in [5.74, 6) is -72.1. The van der Waals surface area contributed by atoms with Crippen LogP contribution < -0.4 is 21.9 Å². The second kappa shape index (κ2) is 23.6. The van der Waals surface area contributed by atoms with E-state index in [1.807, 2.05) is 48.5 Å². The molecule has 0 heterocycles. The van der Waals surface area contributed by atoms with Gasteiger partial charge in [0.25, 0.3) is 0 Å². The molecule has 9 aromatic rings. The van der Waals surface area contributed by atoms with E-state index in [0.717, 1.165) is 24.5 Å². The van der Waals surface area contributed by atoms with Gasteiger partial charge in [0.2, 0.25) is 0 Å². The van der Waals surface area contributed by atoms with Crippen LogP contribution in [0.3, 0.4) is 0 Å². The highest BCUT2D eigenvalue weighted by Crippen LogP contribution is 2.38. The maximum absolute atomic E-state index is 15.4. The van der Waals surface area contributed by atoms with Crippen LogP contribution in [0.25, 0.3) is 0 Å². The average molecular weight is 1230 g/mol. The Morgan fingerprint density at radius 1 is 0.329 bits per heavy atom. The minimum absolute atomic E-state index is 0.0722. The number of halogens is 23. The molecule has 0 bridgehead atoms. The molecule has 0 aliphatic carbocycles. The van der Waals surface area contributed by atoms with Crippen molar-refractivity contribution in [1.29, 1.82) is 0 Å². The highest BCUT2D eigenvalue weighted by atomic mass is 35.5. The number of benzene rings is 9. The van der Waals surface area contributed by atoms with Crippen molar-refractivity contribution >= 4 is 68.0 Å². The van der Waals surface area contributed by atoms with Crippen LogP contribution in [0.5, 0.6) is 0 Å². The topological polar surface area (TPSA) is 17.1 Å². The number of hydrogen-bond donors (Lipinski definition) is 0. The Hall–Kier alpha value is -7.84. The second-order valence-electron chi connectivity index (χ2n) is 16.9. The standard InChI is InChI=1S/C31H20ClF2OS2.C24BF20/c32-29-20-22(31(35)21-4-2-1-3-5-21)6-19-30(29)36-25-11-17-28(18-12-25)37(26-13-7-23(33)8-14-26)27-15-9-24(34)10-16-27;26-5-1(6(27)14(35)21(42)13(5)34)25(2-7(28)15(36)22(43)16(37)8(2)29,3-9(30)17(38)23(44)18(39)10(3)31)4-11(32)19(40)24(45)20(41)12(4)33/h1-20H;/q+1;-1. The molecule has 422 valence electrons. The Morgan fingerprint density at radius 3 is 0.902 bits per heavy atom. The van der Waals surface area contributed by atoms with Crippen LogP contribution in [-0.2, 0) is 10.9 Å². The van der Waals surface area contributed by atoms with E-state index in [1.165, 1.54) is 36.0 Å². The quantitative estimate of drug-likeness (QED) is 0.0321. The van der Waals surface area contributed by atoms with Crippen molar-refractivity contribution in [2.45, 2.75) is 24.5 Å². The molecule has 9 aromatic carbocycles. The summed E-state index contributed by atoms with van der Waals surface area (Å²) in [7, 11) is -0.523. The van der Waals surface area contributed by atoms with Gasteiger partial charge in [-0.25, -0.2) is 96.6 Å². The lowest BCUT2D eigenvalue weighted by Crippen LogP contribution is -2.81. The first-order valence-corrected chi connectivity index (χ1v) is 24.8. The van der Waals surface area contributed by atoms with Crippen molar-refractivity contribution in [3.05, 3.63) is 265 Å². The fourth-order valence-corrected chi connectivity index (χ4v) is 11.8. The van der Waals surface area contributed by atoms with E-state index in [9.17, 15) is 66.3 Å². The fourth-order valence-electron chi connectivity index (χ4n) is 8.68. The molecule has 0 aromatic heterocycles. The molecular weight excluding hydrogens is 1200 g/mol. The number of carbonyl (C=O) groups is 1. The highest BCUT2D eigenvalue weighted by Gasteiger charge is 2.52. The van der Waals surface area contributed by atoms with E-state index < -0.39 is 155 Å². The van der Waals surface area contributed by atoms with Crippen LogP contribution in [0.15, 0.2) is 146 Å². The molecular formula is C55H20BClF22OS2. The summed E-state index contributed by atoms with van der Waals surface area (Å²) in [6.07, 6.45) is -7.22. The first-order valence-electron chi connectivity index (χ1n) is 22.3. The molecule has 0 aliphatic rings.